The molecular weight excluding hydrogens is 449 g/mol. The van der Waals surface area contributed by atoms with Gasteiger partial charge in [-0.25, -0.2) is 4.68 Å². The second-order valence-corrected chi connectivity index (χ2v) is 7.47. The summed E-state index contributed by atoms with van der Waals surface area (Å²) >= 11 is 0. The number of alkyl halides is 3. The zero-order valence-electron chi connectivity index (χ0n) is 18.8. The molecule has 2 N–H and O–H groups in total. The highest BCUT2D eigenvalue weighted by Gasteiger charge is 2.30. The molecule has 10 heteroatoms. The van der Waals surface area contributed by atoms with Crippen molar-refractivity contribution < 1.29 is 27.5 Å². The highest BCUT2D eigenvalue weighted by molar-refractivity contribution is 5.97. The number of hydrogen-bond acceptors (Lipinski definition) is 4. The maximum atomic E-state index is 13.1. The number of anilines is 1. The molecule has 0 bridgehead atoms. The fraction of sp³-hybridized carbons (Fsp3) is 0.292. The summed E-state index contributed by atoms with van der Waals surface area (Å²) in [6.45, 7) is 4.20. The number of hydrogen-bond donors (Lipinski definition) is 2. The zero-order chi connectivity index (χ0) is 24.7. The van der Waals surface area contributed by atoms with Crippen molar-refractivity contribution in [3.05, 3.63) is 71.4 Å². The summed E-state index contributed by atoms with van der Waals surface area (Å²) in [5.41, 5.74) is 0.317. The number of rotatable bonds is 9. The molecule has 0 aliphatic rings. The van der Waals surface area contributed by atoms with E-state index in [9.17, 15) is 22.8 Å². The van der Waals surface area contributed by atoms with Crippen molar-refractivity contribution in [2.45, 2.75) is 32.9 Å². The van der Waals surface area contributed by atoms with Crippen LogP contribution >= 0.6 is 0 Å². The van der Waals surface area contributed by atoms with E-state index in [4.69, 9.17) is 4.74 Å². The third-order valence-corrected chi connectivity index (χ3v) is 4.81. The van der Waals surface area contributed by atoms with Crippen LogP contribution < -0.4 is 15.4 Å². The Balaban J connectivity index is 1.57. The Morgan fingerprint density at radius 1 is 1.09 bits per heavy atom. The lowest BCUT2D eigenvalue weighted by molar-refractivity contribution is -0.137. The minimum Gasteiger partial charge on any atom is -0.493 e. The van der Waals surface area contributed by atoms with Crippen molar-refractivity contribution >= 4 is 17.6 Å². The molecule has 2 aromatic carbocycles. The predicted molar refractivity (Wildman–Crippen MR) is 121 cm³/mol. The van der Waals surface area contributed by atoms with Crippen LogP contribution in [0.25, 0.3) is 5.69 Å². The number of halogens is 3. The van der Waals surface area contributed by atoms with E-state index in [-0.39, 0.29) is 36.3 Å². The Morgan fingerprint density at radius 2 is 1.85 bits per heavy atom. The minimum absolute atomic E-state index is 0.0974. The molecule has 0 unspecified atom stereocenters. The fourth-order valence-corrected chi connectivity index (χ4v) is 3.29. The first-order valence-corrected chi connectivity index (χ1v) is 10.7. The number of amides is 2. The van der Waals surface area contributed by atoms with E-state index in [2.05, 4.69) is 15.7 Å². The van der Waals surface area contributed by atoms with Crippen molar-refractivity contribution in [1.82, 2.24) is 15.1 Å². The molecule has 0 saturated carbocycles. The summed E-state index contributed by atoms with van der Waals surface area (Å²) < 4.78 is 45.9. The van der Waals surface area contributed by atoms with E-state index in [1.165, 1.54) is 16.8 Å². The first-order valence-electron chi connectivity index (χ1n) is 10.7. The van der Waals surface area contributed by atoms with Crippen LogP contribution in [0, 0.1) is 6.92 Å². The van der Waals surface area contributed by atoms with Gasteiger partial charge in [-0.15, -0.1) is 0 Å². The zero-order valence-corrected chi connectivity index (χ0v) is 18.8. The molecule has 3 aromatic rings. The Kier molecular flexibility index (Phi) is 7.93. The molecule has 7 nitrogen and oxygen atoms in total. The number of ether oxygens (including phenoxy) is 1. The molecular formula is C24H25F3N4O3. The number of carbonyl (C=O) groups is 2. The summed E-state index contributed by atoms with van der Waals surface area (Å²) in [4.78, 5) is 24.8. The quantitative estimate of drug-likeness (QED) is 0.439. The van der Waals surface area contributed by atoms with Crippen molar-refractivity contribution in [2.75, 3.05) is 18.5 Å². The van der Waals surface area contributed by atoms with Gasteiger partial charge < -0.3 is 15.4 Å². The Morgan fingerprint density at radius 3 is 2.59 bits per heavy atom. The Hall–Kier alpha value is -3.82. The van der Waals surface area contributed by atoms with Crippen LogP contribution in [0.3, 0.4) is 0 Å². The molecule has 180 valence electrons. The van der Waals surface area contributed by atoms with Crippen LogP contribution in [0.15, 0.2) is 54.6 Å². The second kappa shape index (κ2) is 10.9. The van der Waals surface area contributed by atoms with Crippen molar-refractivity contribution in [3.63, 3.8) is 0 Å². The minimum atomic E-state index is -4.49. The summed E-state index contributed by atoms with van der Waals surface area (Å²) in [7, 11) is 0. The summed E-state index contributed by atoms with van der Waals surface area (Å²) in [5.74, 6) is 0.0924. The topological polar surface area (TPSA) is 85.2 Å². The van der Waals surface area contributed by atoms with E-state index in [1.807, 2.05) is 6.92 Å². The highest BCUT2D eigenvalue weighted by Crippen LogP contribution is 2.31. The standard InChI is InChI=1S/C24H25F3N4O3/c1-3-34-20-11-5-4-10-19(20)23(33)28-13-7-12-22(32)29-21-14-16(2)30-31(21)18-9-6-8-17(15-18)24(25,26)27/h4-6,8-11,14-15H,3,7,12-13H2,1-2H3,(H,28,33)(H,29,32). The molecule has 2 amide bonds. The number of para-hydroxylation sites is 1. The van der Waals surface area contributed by atoms with Crippen molar-refractivity contribution in [3.8, 4) is 11.4 Å². The molecule has 1 heterocycles. The van der Waals surface area contributed by atoms with Crippen LogP contribution in [0.5, 0.6) is 5.75 Å². The largest absolute Gasteiger partial charge is 0.493 e. The first kappa shape index (κ1) is 24.8. The van der Waals surface area contributed by atoms with Gasteiger partial charge in [0.2, 0.25) is 5.91 Å². The average Bonchev–Trinajstić information content (AvgIpc) is 3.16. The molecule has 0 aliphatic carbocycles. The predicted octanol–water partition coefficient (Wildman–Crippen LogP) is 4.75. The summed E-state index contributed by atoms with van der Waals surface area (Å²) in [5, 5.41) is 9.64. The molecule has 0 saturated heterocycles. The van der Waals surface area contributed by atoms with E-state index in [1.54, 1.807) is 37.3 Å². The van der Waals surface area contributed by atoms with Gasteiger partial charge in [-0.05, 0) is 50.6 Å². The van der Waals surface area contributed by atoms with Crippen LogP contribution in [-0.2, 0) is 11.0 Å². The van der Waals surface area contributed by atoms with Gasteiger partial charge in [-0.3, -0.25) is 9.59 Å². The lowest BCUT2D eigenvalue weighted by Gasteiger charge is -2.12. The molecule has 0 atom stereocenters. The van der Waals surface area contributed by atoms with Gasteiger partial charge in [0.25, 0.3) is 5.91 Å². The molecule has 0 spiro atoms. The maximum absolute atomic E-state index is 13.1. The van der Waals surface area contributed by atoms with Gasteiger partial charge >= 0.3 is 6.18 Å². The average molecular weight is 474 g/mol. The molecule has 1 aromatic heterocycles. The monoisotopic (exact) mass is 474 g/mol. The number of aromatic nitrogens is 2. The van der Waals surface area contributed by atoms with E-state index in [0.717, 1.165) is 12.1 Å². The van der Waals surface area contributed by atoms with Crippen LogP contribution in [0.2, 0.25) is 0 Å². The van der Waals surface area contributed by atoms with Gasteiger partial charge in [0.05, 0.1) is 29.1 Å². The lowest BCUT2D eigenvalue weighted by atomic mass is 10.2. The van der Waals surface area contributed by atoms with Crippen molar-refractivity contribution in [1.29, 1.82) is 0 Å². The van der Waals surface area contributed by atoms with E-state index < -0.39 is 11.7 Å². The Labute approximate surface area is 194 Å². The third-order valence-electron chi connectivity index (χ3n) is 4.81. The normalized spacial score (nSPS) is 11.2. The number of benzene rings is 2. The molecule has 0 aliphatic heterocycles. The number of carbonyl (C=O) groups excluding carboxylic acids is 2. The van der Waals surface area contributed by atoms with Crippen molar-refractivity contribution in [2.24, 2.45) is 0 Å². The van der Waals surface area contributed by atoms with Gasteiger partial charge in [-0.1, -0.05) is 18.2 Å². The number of nitrogens with zero attached hydrogens (tertiary/aromatic N) is 2. The molecule has 3 rings (SSSR count). The second-order valence-electron chi connectivity index (χ2n) is 7.47. The summed E-state index contributed by atoms with van der Waals surface area (Å²) in [6, 6.07) is 13.2. The van der Waals surface area contributed by atoms with E-state index in [0.29, 0.717) is 30.0 Å². The first-order chi connectivity index (χ1) is 16.2. The van der Waals surface area contributed by atoms with Crippen LogP contribution in [0.1, 0.15) is 41.4 Å². The fourth-order valence-electron chi connectivity index (χ4n) is 3.29. The van der Waals surface area contributed by atoms with Crippen LogP contribution in [-0.4, -0.2) is 34.7 Å². The number of aryl methyl sites for hydroxylation is 1. The number of nitrogens with one attached hydrogen (secondary N) is 2. The SMILES string of the molecule is CCOc1ccccc1C(=O)NCCCC(=O)Nc1cc(C)nn1-c1cccc(C(F)(F)F)c1. The van der Waals surface area contributed by atoms with Crippen LogP contribution in [0.4, 0.5) is 19.0 Å². The third kappa shape index (κ3) is 6.37. The molecule has 0 radical (unpaired) electrons. The smallest absolute Gasteiger partial charge is 0.416 e. The van der Waals surface area contributed by atoms with Gasteiger partial charge in [0, 0.05) is 19.0 Å². The van der Waals surface area contributed by atoms with E-state index >= 15 is 0 Å². The lowest BCUT2D eigenvalue weighted by Crippen LogP contribution is -2.26. The van der Waals surface area contributed by atoms with Gasteiger partial charge in [0.1, 0.15) is 11.6 Å². The molecule has 0 fully saturated rings. The van der Waals surface area contributed by atoms with Gasteiger partial charge in [-0.2, -0.15) is 18.3 Å². The maximum Gasteiger partial charge on any atom is 0.416 e. The summed E-state index contributed by atoms with van der Waals surface area (Å²) in [6.07, 6.45) is -4.03. The Bertz CT molecular complexity index is 1160. The highest BCUT2D eigenvalue weighted by atomic mass is 19.4. The van der Waals surface area contributed by atoms with Gasteiger partial charge in [0.15, 0.2) is 0 Å². The molecule has 34 heavy (non-hydrogen) atoms.